The van der Waals surface area contributed by atoms with Gasteiger partial charge in [-0.2, -0.15) is 0 Å². The molecule has 1 saturated carbocycles. The van der Waals surface area contributed by atoms with Crippen LogP contribution in [-0.2, 0) is 14.3 Å². The van der Waals surface area contributed by atoms with Gasteiger partial charge in [-0.1, -0.05) is 26.0 Å². The highest BCUT2D eigenvalue weighted by Gasteiger charge is 2.67. The van der Waals surface area contributed by atoms with Crippen molar-refractivity contribution in [3.05, 3.63) is 29.8 Å². The van der Waals surface area contributed by atoms with E-state index in [1.54, 1.807) is 6.07 Å². The number of ether oxygens (including phenoxy) is 2. The molecule has 7 heteroatoms. The second-order valence-electron chi connectivity index (χ2n) is 8.59. The minimum Gasteiger partial charge on any atom is -0.484 e. The molecule has 1 saturated heterocycles. The number of fused-ring (bicyclic) bond motifs is 1. The fraction of sp³-hybridized carbons (Fsp3) is 0.571. The normalized spacial score (nSPS) is 27.1. The number of methoxy groups -OCH3 is 1. The number of benzene rings is 1. The Kier molecular flexibility index (Phi) is 4.36. The molecule has 0 bridgehead atoms. The van der Waals surface area contributed by atoms with E-state index in [0.717, 1.165) is 0 Å². The van der Waals surface area contributed by atoms with Crippen LogP contribution in [0.5, 0.6) is 5.75 Å². The molecule has 7 nitrogen and oxygen atoms in total. The molecule has 2 atom stereocenters. The Morgan fingerprint density at radius 2 is 1.86 bits per heavy atom. The van der Waals surface area contributed by atoms with Gasteiger partial charge in [0.2, 0.25) is 5.91 Å². The maximum atomic E-state index is 13.0. The summed E-state index contributed by atoms with van der Waals surface area (Å²) in [7, 11) is 1.36. The van der Waals surface area contributed by atoms with Gasteiger partial charge in [0.15, 0.2) is 0 Å². The van der Waals surface area contributed by atoms with E-state index in [1.165, 1.54) is 7.11 Å². The molecule has 1 aromatic carbocycles. The summed E-state index contributed by atoms with van der Waals surface area (Å²) in [5.41, 5.74) is -0.344. The summed E-state index contributed by atoms with van der Waals surface area (Å²) < 4.78 is 11.1. The molecule has 1 aliphatic carbocycles. The number of esters is 1. The van der Waals surface area contributed by atoms with Crippen molar-refractivity contribution in [3.8, 4) is 5.75 Å². The quantitative estimate of drug-likeness (QED) is 0.781. The van der Waals surface area contributed by atoms with Gasteiger partial charge < -0.3 is 19.7 Å². The van der Waals surface area contributed by atoms with Crippen LogP contribution >= 0.6 is 0 Å². The molecule has 0 aromatic heterocycles. The fourth-order valence-corrected chi connectivity index (χ4v) is 4.62. The Morgan fingerprint density at radius 1 is 1.18 bits per heavy atom. The van der Waals surface area contributed by atoms with Crippen LogP contribution < -0.4 is 10.1 Å². The average Bonchev–Trinajstić information content (AvgIpc) is 3.31. The van der Waals surface area contributed by atoms with E-state index in [-0.39, 0.29) is 35.0 Å². The first-order valence-electron chi connectivity index (χ1n) is 9.72. The van der Waals surface area contributed by atoms with Crippen molar-refractivity contribution in [1.82, 2.24) is 10.2 Å². The van der Waals surface area contributed by atoms with E-state index in [9.17, 15) is 14.4 Å². The lowest BCUT2D eigenvalue weighted by Crippen LogP contribution is -2.54. The van der Waals surface area contributed by atoms with Crippen LogP contribution in [0.4, 0.5) is 0 Å². The van der Waals surface area contributed by atoms with Crippen molar-refractivity contribution in [1.29, 1.82) is 0 Å². The molecule has 0 unspecified atom stereocenters. The lowest BCUT2D eigenvalue weighted by molar-refractivity contribution is -0.145. The smallest absolute Gasteiger partial charge is 0.310 e. The Balaban J connectivity index is 1.45. The van der Waals surface area contributed by atoms with Crippen molar-refractivity contribution in [2.75, 3.05) is 26.7 Å². The van der Waals surface area contributed by atoms with Gasteiger partial charge in [0, 0.05) is 25.9 Å². The maximum absolute atomic E-state index is 13.0. The first kappa shape index (κ1) is 18.8. The molecule has 28 heavy (non-hydrogen) atoms. The Labute approximate surface area is 164 Å². The second kappa shape index (κ2) is 6.50. The molecule has 2 heterocycles. The highest BCUT2D eigenvalue weighted by atomic mass is 16.5. The molecule has 150 valence electrons. The number of carbonyl (C=O) groups excluding carboxylic acids is 3. The summed E-state index contributed by atoms with van der Waals surface area (Å²) in [5.74, 6) is -0.555. The molecule has 3 aliphatic rings. The highest BCUT2D eigenvalue weighted by Crippen LogP contribution is 2.59. The number of hydrogen-bond acceptors (Lipinski definition) is 5. The van der Waals surface area contributed by atoms with Crippen LogP contribution in [0.1, 0.15) is 37.0 Å². The summed E-state index contributed by atoms with van der Waals surface area (Å²) in [4.78, 5) is 39.1. The van der Waals surface area contributed by atoms with E-state index in [0.29, 0.717) is 43.8 Å². The van der Waals surface area contributed by atoms with Gasteiger partial charge in [-0.25, -0.2) is 0 Å². The summed E-state index contributed by atoms with van der Waals surface area (Å²) in [6.45, 7) is 5.36. The van der Waals surface area contributed by atoms with E-state index >= 15 is 0 Å². The molecule has 2 fully saturated rings. The largest absolute Gasteiger partial charge is 0.484 e. The van der Waals surface area contributed by atoms with Crippen molar-refractivity contribution >= 4 is 17.8 Å². The van der Waals surface area contributed by atoms with Gasteiger partial charge >= 0.3 is 5.97 Å². The maximum Gasteiger partial charge on any atom is 0.310 e. The van der Waals surface area contributed by atoms with Gasteiger partial charge in [0.25, 0.3) is 5.91 Å². The Bertz CT molecular complexity index is 826. The number of para-hydroxylation sites is 1. The second-order valence-corrected chi connectivity index (χ2v) is 8.59. The average molecular weight is 386 g/mol. The zero-order valence-corrected chi connectivity index (χ0v) is 16.5. The number of rotatable bonds is 2. The van der Waals surface area contributed by atoms with Gasteiger partial charge in [0.05, 0.1) is 31.1 Å². The number of piperidine rings is 1. The van der Waals surface area contributed by atoms with Gasteiger partial charge in [0.1, 0.15) is 11.4 Å². The summed E-state index contributed by atoms with van der Waals surface area (Å²) >= 11 is 0. The monoisotopic (exact) mass is 386 g/mol. The van der Waals surface area contributed by atoms with Crippen molar-refractivity contribution in [2.45, 2.75) is 32.3 Å². The van der Waals surface area contributed by atoms with Crippen molar-refractivity contribution in [3.63, 3.8) is 0 Å². The lowest BCUT2D eigenvalue weighted by Gasteiger charge is -2.41. The van der Waals surface area contributed by atoms with Crippen LogP contribution in [0.15, 0.2) is 24.3 Å². The third kappa shape index (κ3) is 2.93. The van der Waals surface area contributed by atoms with Crippen molar-refractivity contribution in [2.24, 2.45) is 17.3 Å². The van der Waals surface area contributed by atoms with Crippen LogP contribution in [0, 0.1) is 17.3 Å². The molecule has 2 aliphatic heterocycles. The summed E-state index contributed by atoms with van der Waals surface area (Å²) in [6.07, 6.45) is 1.26. The molecule has 1 N–H and O–H groups in total. The predicted octanol–water partition coefficient (Wildman–Crippen LogP) is 1.62. The van der Waals surface area contributed by atoms with Crippen molar-refractivity contribution < 1.29 is 23.9 Å². The van der Waals surface area contributed by atoms with Crippen LogP contribution in [0.25, 0.3) is 0 Å². The lowest BCUT2D eigenvalue weighted by atomic mass is 9.90. The standard InChI is InChI=1S/C21H26N2O5/c1-20(2)15(16(20)19(26)27-3)18(25)23-10-8-21(9-11-23)12-22-17(24)13-6-4-5-7-14(13)28-21/h4-7,15-16H,8-12H2,1-3H3,(H,22,24)/t15-,16+/m1/s1. The summed E-state index contributed by atoms with van der Waals surface area (Å²) in [5, 5.41) is 2.95. The van der Waals surface area contributed by atoms with Crippen LogP contribution in [0.2, 0.25) is 0 Å². The van der Waals surface area contributed by atoms with Crippen LogP contribution in [0.3, 0.4) is 0 Å². The number of nitrogens with zero attached hydrogens (tertiary/aromatic N) is 1. The Morgan fingerprint density at radius 3 is 2.54 bits per heavy atom. The SMILES string of the molecule is COC(=O)[C@@H]1[C@H](C(=O)N2CCC3(CC2)CNC(=O)c2ccccc2O3)C1(C)C. The molecular formula is C21H26N2O5. The zero-order chi connectivity index (χ0) is 20.1. The molecular weight excluding hydrogens is 360 g/mol. The number of likely N-dealkylation sites (tertiary alicyclic amines) is 1. The topological polar surface area (TPSA) is 84.9 Å². The molecule has 4 rings (SSSR count). The molecule has 1 aromatic rings. The molecule has 1 spiro atoms. The third-order valence-electron chi connectivity index (χ3n) is 6.56. The number of hydrogen-bond donors (Lipinski definition) is 1. The molecule has 2 amide bonds. The van der Waals surface area contributed by atoms with Crippen LogP contribution in [-0.4, -0.2) is 55.0 Å². The number of amides is 2. The minimum atomic E-state index is -0.514. The van der Waals surface area contributed by atoms with Gasteiger partial charge in [-0.3, -0.25) is 14.4 Å². The Hall–Kier alpha value is -2.57. The first-order valence-corrected chi connectivity index (χ1v) is 9.72. The number of carbonyl (C=O) groups is 3. The van der Waals surface area contributed by atoms with E-state index in [1.807, 2.05) is 36.9 Å². The van der Waals surface area contributed by atoms with Gasteiger partial charge in [-0.05, 0) is 17.5 Å². The van der Waals surface area contributed by atoms with E-state index in [2.05, 4.69) is 5.32 Å². The van der Waals surface area contributed by atoms with E-state index in [4.69, 9.17) is 9.47 Å². The first-order chi connectivity index (χ1) is 13.3. The number of nitrogens with one attached hydrogen (secondary N) is 1. The molecule has 0 radical (unpaired) electrons. The van der Waals surface area contributed by atoms with Gasteiger partial charge in [-0.15, -0.1) is 0 Å². The fourth-order valence-electron chi connectivity index (χ4n) is 4.62. The predicted molar refractivity (Wildman–Crippen MR) is 101 cm³/mol. The third-order valence-corrected chi connectivity index (χ3v) is 6.56. The minimum absolute atomic E-state index is 0.00769. The van der Waals surface area contributed by atoms with E-state index < -0.39 is 5.60 Å². The summed E-state index contributed by atoms with van der Waals surface area (Å²) in [6, 6.07) is 7.24. The zero-order valence-electron chi connectivity index (χ0n) is 16.5. The highest BCUT2D eigenvalue weighted by molar-refractivity contribution is 5.97.